The molecule has 1 atom stereocenters. The molecule has 0 aliphatic heterocycles. The summed E-state index contributed by atoms with van der Waals surface area (Å²) in [7, 11) is 3.50. The SMILES string of the molecule is CCC(C)N(CC(=O)N(Cc1cccn1Cc1ccccc1)C1CCCCC1)C(=O)N(C)C. The third kappa shape index (κ3) is 6.62. The lowest BCUT2D eigenvalue weighted by atomic mass is 9.94. The maximum atomic E-state index is 13.7. The van der Waals surface area contributed by atoms with Crippen molar-refractivity contribution in [2.75, 3.05) is 20.6 Å². The number of carbonyl (C=O) groups excluding carboxylic acids is 2. The number of urea groups is 1. The van der Waals surface area contributed by atoms with E-state index in [9.17, 15) is 9.59 Å². The van der Waals surface area contributed by atoms with Crippen molar-refractivity contribution in [3.63, 3.8) is 0 Å². The van der Waals surface area contributed by atoms with Crippen LogP contribution in [0.4, 0.5) is 4.79 Å². The molecule has 1 aliphatic carbocycles. The van der Waals surface area contributed by atoms with E-state index >= 15 is 0 Å². The van der Waals surface area contributed by atoms with E-state index in [0.29, 0.717) is 6.54 Å². The average Bonchev–Trinajstić information content (AvgIpc) is 3.27. The summed E-state index contributed by atoms with van der Waals surface area (Å²) in [5.74, 6) is 0.0462. The summed E-state index contributed by atoms with van der Waals surface area (Å²) < 4.78 is 2.23. The molecule has 1 unspecified atom stereocenters. The van der Waals surface area contributed by atoms with Gasteiger partial charge in [0.25, 0.3) is 0 Å². The molecule has 1 aliphatic rings. The summed E-state index contributed by atoms with van der Waals surface area (Å²) in [5, 5.41) is 0. The van der Waals surface area contributed by atoms with Gasteiger partial charge in [-0.2, -0.15) is 0 Å². The molecule has 0 saturated heterocycles. The first kappa shape index (κ1) is 24.9. The van der Waals surface area contributed by atoms with E-state index in [1.54, 1.807) is 23.9 Å². The zero-order valence-electron chi connectivity index (χ0n) is 20.7. The first-order valence-electron chi connectivity index (χ1n) is 12.4. The van der Waals surface area contributed by atoms with Crippen LogP contribution in [0.25, 0.3) is 0 Å². The van der Waals surface area contributed by atoms with Crippen molar-refractivity contribution in [2.24, 2.45) is 0 Å². The molecule has 1 heterocycles. The molecule has 0 radical (unpaired) electrons. The van der Waals surface area contributed by atoms with Crippen molar-refractivity contribution in [2.45, 2.75) is 77.5 Å². The molecule has 180 valence electrons. The van der Waals surface area contributed by atoms with Crippen LogP contribution in [0.1, 0.15) is 63.6 Å². The Balaban J connectivity index is 1.81. The Hall–Kier alpha value is -2.76. The van der Waals surface area contributed by atoms with Gasteiger partial charge in [-0.15, -0.1) is 0 Å². The van der Waals surface area contributed by atoms with Gasteiger partial charge in [-0.1, -0.05) is 56.5 Å². The molecule has 0 N–H and O–H groups in total. The third-order valence-corrected chi connectivity index (χ3v) is 6.84. The number of rotatable bonds is 9. The van der Waals surface area contributed by atoms with E-state index < -0.39 is 0 Å². The van der Waals surface area contributed by atoms with Gasteiger partial charge in [-0.3, -0.25) is 4.79 Å². The Morgan fingerprint density at radius 2 is 1.73 bits per heavy atom. The Bertz CT molecular complexity index is 887. The van der Waals surface area contributed by atoms with Crippen LogP contribution in [-0.2, 0) is 17.9 Å². The van der Waals surface area contributed by atoms with Gasteiger partial charge in [0.05, 0.1) is 6.54 Å². The van der Waals surface area contributed by atoms with Crippen LogP contribution in [-0.4, -0.2) is 63.9 Å². The standard InChI is InChI=1S/C27H40N4O2/c1-5-22(2)30(27(33)28(3)4)21-26(32)31(24-15-10-7-11-16-24)20-25-17-12-18-29(25)19-23-13-8-6-9-14-23/h6,8-9,12-14,17-18,22,24H,5,7,10-11,15-16,19-21H2,1-4H3. The summed E-state index contributed by atoms with van der Waals surface area (Å²) in [6.07, 6.45) is 8.53. The number of benzene rings is 1. The smallest absolute Gasteiger partial charge is 0.320 e. The van der Waals surface area contributed by atoms with Crippen molar-refractivity contribution >= 4 is 11.9 Å². The number of amides is 3. The largest absolute Gasteiger partial charge is 0.345 e. The lowest BCUT2D eigenvalue weighted by Crippen LogP contribution is -2.51. The Kier molecular flexibility index (Phi) is 8.98. The predicted octanol–water partition coefficient (Wildman–Crippen LogP) is 4.98. The van der Waals surface area contributed by atoms with E-state index in [-0.39, 0.29) is 30.6 Å². The number of carbonyl (C=O) groups is 2. The van der Waals surface area contributed by atoms with E-state index in [1.165, 1.54) is 12.0 Å². The second-order valence-electron chi connectivity index (χ2n) is 9.49. The van der Waals surface area contributed by atoms with Crippen molar-refractivity contribution in [1.82, 2.24) is 19.3 Å². The Morgan fingerprint density at radius 1 is 1.03 bits per heavy atom. The lowest BCUT2D eigenvalue weighted by Gasteiger charge is -2.37. The fourth-order valence-electron chi connectivity index (χ4n) is 4.64. The normalized spacial score (nSPS) is 15.2. The van der Waals surface area contributed by atoms with Crippen LogP contribution in [0.3, 0.4) is 0 Å². The lowest BCUT2D eigenvalue weighted by molar-refractivity contribution is -0.136. The summed E-state index contributed by atoms with van der Waals surface area (Å²) in [6.45, 7) is 5.56. The van der Waals surface area contributed by atoms with Crippen molar-refractivity contribution in [3.05, 3.63) is 59.9 Å². The zero-order valence-corrected chi connectivity index (χ0v) is 20.7. The molecule has 1 saturated carbocycles. The maximum Gasteiger partial charge on any atom is 0.320 e. The fourth-order valence-corrected chi connectivity index (χ4v) is 4.64. The molecule has 3 amide bonds. The number of aromatic nitrogens is 1. The highest BCUT2D eigenvalue weighted by Crippen LogP contribution is 2.25. The van der Waals surface area contributed by atoms with Crippen molar-refractivity contribution in [1.29, 1.82) is 0 Å². The highest BCUT2D eigenvalue weighted by atomic mass is 16.2. The van der Waals surface area contributed by atoms with Gasteiger partial charge in [0.2, 0.25) is 5.91 Å². The highest BCUT2D eigenvalue weighted by molar-refractivity contribution is 5.84. The maximum absolute atomic E-state index is 13.7. The van der Waals surface area contributed by atoms with Crippen LogP contribution in [0.15, 0.2) is 48.7 Å². The summed E-state index contributed by atoms with van der Waals surface area (Å²) in [6, 6.07) is 14.7. The van der Waals surface area contributed by atoms with E-state index in [2.05, 4.69) is 54.1 Å². The first-order chi connectivity index (χ1) is 15.9. The first-order valence-corrected chi connectivity index (χ1v) is 12.4. The van der Waals surface area contributed by atoms with Gasteiger partial charge >= 0.3 is 6.03 Å². The van der Waals surface area contributed by atoms with Crippen molar-refractivity contribution in [3.8, 4) is 0 Å². The molecule has 1 aromatic carbocycles. The predicted molar refractivity (Wildman–Crippen MR) is 133 cm³/mol. The zero-order chi connectivity index (χ0) is 23.8. The monoisotopic (exact) mass is 452 g/mol. The van der Waals surface area contributed by atoms with Crippen LogP contribution in [0, 0.1) is 0 Å². The van der Waals surface area contributed by atoms with E-state index in [0.717, 1.165) is 44.3 Å². The second-order valence-corrected chi connectivity index (χ2v) is 9.49. The molecule has 0 spiro atoms. The van der Waals surface area contributed by atoms with E-state index in [1.807, 2.05) is 17.9 Å². The van der Waals surface area contributed by atoms with Crippen LogP contribution >= 0.6 is 0 Å². The topological polar surface area (TPSA) is 48.8 Å². The van der Waals surface area contributed by atoms with Gasteiger partial charge < -0.3 is 19.3 Å². The van der Waals surface area contributed by atoms with Gasteiger partial charge in [-0.05, 0) is 43.9 Å². The summed E-state index contributed by atoms with van der Waals surface area (Å²) >= 11 is 0. The molecule has 6 nitrogen and oxygen atoms in total. The van der Waals surface area contributed by atoms with Gasteiger partial charge in [-0.25, -0.2) is 4.79 Å². The Labute approximate surface area is 199 Å². The summed E-state index contributed by atoms with van der Waals surface area (Å²) in [5.41, 5.74) is 2.37. The number of nitrogens with zero attached hydrogens (tertiary/aromatic N) is 4. The number of hydrogen-bond donors (Lipinski definition) is 0. The van der Waals surface area contributed by atoms with Crippen LogP contribution in [0.2, 0.25) is 0 Å². The molecule has 2 aromatic rings. The minimum absolute atomic E-state index is 0.0130. The fraction of sp³-hybridized carbons (Fsp3) is 0.556. The minimum atomic E-state index is -0.103. The van der Waals surface area contributed by atoms with Gasteiger partial charge in [0.15, 0.2) is 0 Å². The second kappa shape index (κ2) is 11.9. The Morgan fingerprint density at radius 3 is 2.36 bits per heavy atom. The van der Waals surface area contributed by atoms with Gasteiger partial charge in [0, 0.05) is 44.6 Å². The minimum Gasteiger partial charge on any atom is -0.345 e. The molecular formula is C27H40N4O2. The van der Waals surface area contributed by atoms with Gasteiger partial charge in [0.1, 0.15) is 6.54 Å². The third-order valence-electron chi connectivity index (χ3n) is 6.84. The summed E-state index contributed by atoms with van der Waals surface area (Å²) in [4.78, 5) is 31.9. The van der Waals surface area contributed by atoms with E-state index in [4.69, 9.17) is 0 Å². The van der Waals surface area contributed by atoms with Crippen molar-refractivity contribution < 1.29 is 9.59 Å². The van der Waals surface area contributed by atoms with Crippen LogP contribution in [0.5, 0.6) is 0 Å². The molecule has 1 aromatic heterocycles. The number of hydrogen-bond acceptors (Lipinski definition) is 2. The molecule has 33 heavy (non-hydrogen) atoms. The molecule has 1 fully saturated rings. The average molecular weight is 453 g/mol. The molecular weight excluding hydrogens is 412 g/mol. The molecule has 0 bridgehead atoms. The quantitative estimate of drug-likeness (QED) is 0.539. The highest BCUT2D eigenvalue weighted by Gasteiger charge is 2.30. The molecule has 3 rings (SSSR count). The molecule has 6 heteroatoms. The van der Waals surface area contributed by atoms with Crippen LogP contribution < -0.4 is 0 Å².